The Morgan fingerprint density at radius 3 is 2.19 bits per heavy atom. The van der Waals surface area contributed by atoms with Gasteiger partial charge in [0.25, 0.3) is 17.4 Å². The highest BCUT2D eigenvalue weighted by Crippen LogP contribution is 2.39. The third kappa shape index (κ3) is 16.0. The van der Waals surface area contributed by atoms with Gasteiger partial charge in [-0.25, -0.2) is 27.3 Å². The molecule has 3 aliphatic heterocycles. The fourth-order valence-electron chi connectivity index (χ4n) is 8.80. The van der Waals surface area contributed by atoms with Crippen LogP contribution in [0.25, 0.3) is 22.3 Å². The number of carbonyl (C=O) groups is 8. The third-order valence-electron chi connectivity index (χ3n) is 13.3. The van der Waals surface area contributed by atoms with Crippen molar-refractivity contribution in [1.29, 1.82) is 0 Å². The van der Waals surface area contributed by atoms with Gasteiger partial charge in [0.2, 0.25) is 39.6 Å². The Hall–Kier alpha value is -7.86. The molecule has 7 amide bonds. The van der Waals surface area contributed by atoms with Gasteiger partial charge in [0.15, 0.2) is 5.60 Å². The number of nitrogens with one attached hydrogen (secondary N) is 6. The lowest BCUT2D eigenvalue weighted by Gasteiger charge is -2.31. The molecule has 434 valence electrons. The van der Waals surface area contributed by atoms with E-state index in [0.717, 1.165) is 4.90 Å². The lowest BCUT2D eigenvalue weighted by Crippen LogP contribution is -2.52. The lowest BCUT2D eigenvalue weighted by molar-refractivity contribution is -0.172. The van der Waals surface area contributed by atoms with E-state index in [-0.39, 0.29) is 126 Å². The number of hydrogen-bond acceptors (Lipinski definition) is 18. The Labute approximate surface area is 463 Å². The average Bonchev–Trinajstić information content (AvgIpc) is 4.19. The quantitative estimate of drug-likeness (QED) is 0.0115. The van der Waals surface area contributed by atoms with Crippen LogP contribution in [-0.2, 0) is 104 Å². The monoisotopic (exact) mass is 1150 g/mol. The highest BCUT2D eigenvalue weighted by molar-refractivity contribution is 7.89. The van der Waals surface area contributed by atoms with Gasteiger partial charge in [0.1, 0.15) is 25.2 Å². The Balaban J connectivity index is 0.783. The molecule has 0 radical (unpaired) electrons. The first-order chi connectivity index (χ1) is 38.8. The highest BCUT2D eigenvalue weighted by Gasteiger charge is 2.45. The molecule has 81 heavy (non-hydrogen) atoms. The Morgan fingerprint density at radius 2 is 1.47 bits per heavy atom. The van der Waals surface area contributed by atoms with Gasteiger partial charge in [-0.3, -0.25) is 43.3 Å². The number of imide groups is 1. The van der Waals surface area contributed by atoms with E-state index in [1.54, 1.807) is 43.3 Å². The largest absolute Gasteiger partial charge is 0.458 e. The first-order valence-corrected chi connectivity index (χ1v) is 27.5. The van der Waals surface area contributed by atoms with Gasteiger partial charge in [-0.15, -0.1) is 0 Å². The number of benzene rings is 2. The van der Waals surface area contributed by atoms with Crippen molar-refractivity contribution in [3.05, 3.63) is 110 Å². The number of pyridine rings is 2. The molecule has 0 fully saturated rings. The standard InChI is InChI=1S/C53H62FN9O17S/c1-3-53(73)38-23-42-49-34(29-63(42)51(71)37(38)30-80-52(53)72)22-35-36(32(2)39(54)24-40(35)61-49)25-59-81(74,75)20-19-79-31-58-45(66)27-57-50(70)41(21-33-7-5-4-6-8-33)60-46(67)28-56-44(65)26-55-43(64)11-13-76-15-17-78-18-16-77-14-12-62-47(68)9-10-48(62)69/h4-10,22-24,41,59,73H,3,11-21,25-31H2,1-2H3,(H,55,64)(H,56,65)(H,57,70)(H,58,66)(H,60,67)/t41-,53-/m0/s1. The van der Waals surface area contributed by atoms with Crippen LogP contribution in [0.3, 0.4) is 0 Å². The second kappa shape index (κ2) is 28.0. The molecular weight excluding hydrogens is 1090 g/mol. The number of esters is 1. The van der Waals surface area contributed by atoms with Gasteiger partial charge in [-0.2, -0.15) is 0 Å². The van der Waals surface area contributed by atoms with Crippen LogP contribution in [0.4, 0.5) is 4.39 Å². The number of aromatic nitrogens is 2. The molecule has 0 bridgehead atoms. The summed E-state index contributed by atoms with van der Waals surface area (Å²) in [4.78, 5) is 118. The average molecular weight is 1150 g/mol. The maximum Gasteiger partial charge on any atom is 0.343 e. The van der Waals surface area contributed by atoms with E-state index in [0.29, 0.717) is 33.5 Å². The van der Waals surface area contributed by atoms with Gasteiger partial charge >= 0.3 is 5.97 Å². The van der Waals surface area contributed by atoms with E-state index < -0.39 is 101 Å². The van der Waals surface area contributed by atoms with Gasteiger partial charge in [0, 0.05) is 54.1 Å². The van der Waals surface area contributed by atoms with Crippen LogP contribution in [0, 0.1) is 12.7 Å². The van der Waals surface area contributed by atoms with E-state index in [9.17, 15) is 56.7 Å². The van der Waals surface area contributed by atoms with Crippen LogP contribution >= 0.6 is 0 Å². The minimum Gasteiger partial charge on any atom is -0.458 e. The first kappa shape index (κ1) is 60.8. The van der Waals surface area contributed by atoms with Crippen molar-refractivity contribution in [1.82, 2.24) is 45.8 Å². The number of aliphatic hydroxyl groups is 1. The maximum absolute atomic E-state index is 15.4. The van der Waals surface area contributed by atoms with Crippen LogP contribution in [0.1, 0.15) is 53.1 Å². The van der Waals surface area contributed by atoms with Crippen molar-refractivity contribution in [2.75, 3.05) is 84.9 Å². The van der Waals surface area contributed by atoms with Crippen molar-refractivity contribution in [2.45, 2.75) is 64.4 Å². The van der Waals surface area contributed by atoms with E-state index in [4.69, 9.17) is 23.7 Å². The molecule has 28 heteroatoms. The molecule has 2 aromatic carbocycles. The van der Waals surface area contributed by atoms with Gasteiger partial charge in [0.05, 0.1) is 107 Å². The van der Waals surface area contributed by atoms with Crippen LogP contribution in [0.5, 0.6) is 0 Å². The number of halogens is 1. The Morgan fingerprint density at radius 1 is 0.815 bits per heavy atom. The summed E-state index contributed by atoms with van der Waals surface area (Å²) in [6.07, 6.45) is 2.30. The molecule has 7 rings (SSSR count). The highest BCUT2D eigenvalue weighted by atomic mass is 32.2. The number of carbonyl (C=O) groups excluding carboxylic acids is 8. The van der Waals surface area contributed by atoms with Crippen LogP contribution in [-0.4, -0.2) is 166 Å². The minimum atomic E-state index is -4.05. The predicted octanol–water partition coefficient (Wildman–Crippen LogP) is -1.52. The molecular formula is C53H62FN9O17S. The van der Waals surface area contributed by atoms with Gasteiger partial charge in [-0.1, -0.05) is 37.3 Å². The van der Waals surface area contributed by atoms with E-state index in [1.807, 2.05) is 0 Å². The zero-order chi connectivity index (χ0) is 58.3. The number of fused-ring (bicyclic) bond motifs is 5. The number of sulfonamides is 1. The number of amides is 7. The molecule has 0 unspecified atom stereocenters. The second-order valence-electron chi connectivity index (χ2n) is 18.7. The lowest BCUT2D eigenvalue weighted by atomic mass is 9.86. The maximum atomic E-state index is 15.4. The third-order valence-corrected chi connectivity index (χ3v) is 14.6. The summed E-state index contributed by atoms with van der Waals surface area (Å²) in [5.41, 5.74) is 0.290. The summed E-state index contributed by atoms with van der Waals surface area (Å²) < 4.78 is 72.0. The van der Waals surface area contributed by atoms with Crippen LogP contribution in [0.15, 0.2) is 65.5 Å². The fraction of sp³-hybridized carbons (Fsp3) is 0.434. The molecule has 2 atom stereocenters. The van der Waals surface area contributed by atoms with Crippen molar-refractivity contribution >= 4 is 68.2 Å². The molecule has 7 N–H and O–H groups in total. The number of cyclic esters (lactones) is 1. The fourth-order valence-corrected chi connectivity index (χ4v) is 9.64. The molecule has 0 aliphatic carbocycles. The summed E-state index contributed by atoms with van der Waals surface area (Å²) in [6.45, 7) is 1.38. The molecule has 0 spiro atoms. The number of nitrogens with zero attached hydrogens (tertiary/aromatic N) is 3. The SMILES string of the molecule is CC[C@@]1(O)C(=O)OCc2c1cc1n(c2=O)Cc2cc3c(CNS(=O)(=O)CCOCNC(=O)CNC(=O)[C@H](Cc4ccccc4)NC(=O)CNC(=O)CNC(=O)CCOCCOCCOCCN4C(=O)C=CC4=O)c(C)c(F)cc3nc2-1. The summed E-state index contributed by atoms with van der Waals surface area (Å²) in [6, 6.07) is 11.9. The van der Waals surface area contributed by atoms with Crippen LogP contribution in [0.2, 0.25) is 0 Å². The van der Waals surface area contributed by atoms with Gasteiger partial charge in [-0.05, 0) is 42.2 Å². The van der Waals surface area contributed by atoms with E-state index in [2.05, 4.69) is 36.3 Å². The summed E-state index contributed by atoms with van der Waals surface area (Å²) in [5.74, 6) is -6.21. The summed E-state index contributed by atoms with van der Waals surface area (Å²) in [5, 5.41) is 23.8. The molecule has 5 heterocycles. The Kier molecular flexibility index (Phi) is 21.0. The molecule has 0 saturated carbocycles. The smallest absolute Gasteiger partial charge is 0.343 e. The number of ether oxygens (including phenoxy) is 5. The molecule has 3 aliphatic rings. The van der Waals surface area contributed by atoms with Crippen molar-refractivity contribution in [2.24, 2.45) is 0 Å². The van der Waals surface area contributed by atoms with Gasteiger partial charge < -0.3 is 59.9 Å². The zero-order valence-electron chi connectivity index (χ0n) is 44.4. The molecule has 26 nitrogen and oxygen atoms in total. The first-order valence-electron chi connectivity index (χ1n) is 25.8. The molecule has 4 aromatic rings. The topological polar surface area (TPSA) is 347 Å². The molecule has 0 saturated heterocycles. The summed E-state index contributed by atoms with van der Waals surface area (Å²) >= 11 is 0. The van der Waals surface area contributed by atoms with Crippen molar-refractivity contribution in [3.63, 3.8) is 0 Å². The van der Waals surface area contributed by atoms with Crippen LogP contribution < -0.4 is 36.9 Å². The normalized spacial score (nSPS) is 15.7. The Bertz CT molecular complexity index is 3250. The second-order valence-corrected chi connectivity index (χ2v) is 20.7. The van der Waals surface area contributed by atoms with Crippen molar-refractivity contribution < 1.29 is 80.0 Å². The van der Waals surface area contributed by atoms with Crippen molar-refractivity contribution in [3.8, 4) is 11.4 Å². The van der Waals surface area contributed by atoms with E-state index in [1.165, 1.54) is 35.8 Å². The molecule has 2 aromatic heterocycles. The van der Waals surface area contributed by atoms with E-state index >= 15 is 4.39 Å². The minimum absolute atomic E-state index is 0.0171. The zero-order valence-corrected chi connectivity index (χ0v) is 45.2. The predicted molar refractivity (Wildman–Crippen MR) is 283 cm³/mol. The number of hydrogen-bond donors (Lipinski definition) is 7. The summed E-state index contributed by atoms with van der Waals surface area (Å²) in [7, 11) is -4.05. The number of rotatable bonds is 31.